The van der Waals surface area contributed by atoms with Crippen molar-refractivity contribution in [2.24, 2.45) is 5.92 Å². The second-order valence-corrected chi connectivity index (χ2v) is 6.76. The fourth-order valence-corrected chi connectivity index (χ4v) is 1.85. The summed E-state index contributed by atoms with van der Waals surface area (Å²) in [5, 5.41) is 6.38. The van der Waals surface area contributed by atoms with Crippen molar-refractivity contribution in [2.75, 3.05) is 13.1 Å². The SMILES string of the molecule is CCCCCCNCC(NC(=O)OC(C)(C)C)C(C)C. The highest BCUT2D eigenvalue weighted by Crippen LogP contribution is 2.08. The minimum atomic E-state index is -0.445. The van der Waals surface area contributed by atoms with Gasteiger partial charge < -0.3 is 15.4 Å². The maximum atomic E-state index is 11.8. The Balaban J connectivity index is 3.96. The molecule has 0 aromatic heterocycles. The van der Waals surface area contributed by atoms with Crippen LogP contribution in [0.2, 0.25) is 0 Å². The maximum absolute atomic E-state index is 11.8. The van der Waals surface area contributed by atoms with Gasteiger partial charge in [0.2, 0.25) is 0 Å². The molecule has 4 heteroatoms. The quantitative estimate of drug-likeness (QED) is 0.635. The van der Waals surface area contributed by atoms with Crippen LogP contribution in [-0.2, 0) is 4.74 Å². The number of hydrogen-bond donors (Lipinski definition) is 2. The Morgan fingerprint density at radius 3 is 2.30 bits per heavy atom. The minimum absolute atomic E-state index is 0.107. The average molecular weight is 286 g/mol. The summed E-state index contributed by atoms with van der Waals surface area (Å²) in [5.74, 6) is 0.380. The second-order valence-electron chi connectivity index (χ2n) is 6.76. The molecule has 20 heavy (non-hydrogen) atoms. The van der Waals surface area contributed by atoms with Crippen molar-refractivity contribution in [3.8, 4) is 0 Å². The highest BCUT2D eigenvalue weighted by atomic mass is 16.6. The fourth-order valence-electron chi connectivity index (χ4n) is 1.85. The van der Waals surface area contributed by atoms with Gasteiger partial charge in [-0.05, 0) is 39.7 Å². The van der Waals surface area contributed by atoms with Gasteiger partial charge in [-0.1, -0.05) is 40.0 Å². The van der Waals surface area contributed by atoms with Crippen molar-refractivity contribution < 1.29 is 9.53 Å². The van der Waals surface area contributed by atoms with Crippen molar-refractivity contribution in [3.05, 3.63) is 0 Å². The van der Waals surface area contributed by atoms with Crippen LogP contribution in [0.5, 0.6) is 0 Å². The van der Waals surface area contributed by atoms with Gasteiger partial charge in [-0.3, -0.25) is 0 Å². The van der Waals surface area contributed by atoms with E-state index in [2.05, 4.69) is 31.4 Å². The van der Waals surface area contributed by atoms with Gasteiger partial charge in [0, 0.05) is 12.6 Å². The van der Waals surface area contributed by atoms with Gasteiger partial charge in [0.05, 0.1) is 0 Å². The van der Waals surface area contributed by atoms with E-state index in [-0.39, 0.29) is 12.1 Å². The van der Waals surface area contributed by atoms with Gasteiger partial charge in [-0.25, -0.2) is 4.79 Å². The fraction of sp³-hybridized carbons (Fsp3) is 0.938. The molecule has 0 radical (unpaired) electrons. The molecular formula is C16H34N2O2. The first-order chi connectivity index (χ1) is 9.26. The van der Waals surface area contributed by atoms with Crippen molar-refractivity contribution in [1.82, 2.24) is 10.6 Å². The van der Waals surface area contributed by atoms with Crippen molar-refractivity contribution >= 4 is 6.09 Å². The van der Waals surface area contributed by atoms with E-state index in [1.807, 2.05) is 20.8 Å². The zero-order valence-corrected chi connectivity index (χ0v) is 14.2. The molecule has 1 atom stereocenters. The highest BCUT2D eigenvalue weighted by Gasteiger charge is 2.20. The normalized spacial score (nSPS) is 13.3. The van der Waals surface area contributed by atoms with Crippen LogP contribution in [-0.4, -0.2) is 30.8 Å². The van der Waals surface area contributed by atoms with Crippen LogP contribution in [0.15, 0.2) is 0 Å². The summed E-state index contributed by atoms with van der Waals surface area (Å²) in [5.41, 5.74) is -0.445. The number of unbranched alkanes of at least 4 members (excludes halogenated alkanes) is 3. The molecule has 0 fully saturated rings. The van der Waals surface area contributed by atoms with Crippen molar-refractivity contribution in [1.29, 1.82) is 0 Å². The third kappa shape index (κ3) is 11.1. The van der Waals surface area contributed by atoms with Crippen LogP contribution in [0.25, 0.3) is 0 Å². The lowest BCUT2D eigenvalue weighted by Gasteiger charge is -2.26. The number of rotatable bonds is 9. The summed E-state index contributed by atoms with van der Waals surface area (Å²) in [7, 11) is 0. The van der Waals surface area contributed by atoms with E-state index in [9.17, 15) is 4.79 Å². The lowest BCUT2D eigenvalue weighted by molar-refractivity contribution is 0.0490. The van der Waals surface area contributed by atoms with Crippen LogP contribution in [0, 0.1) is 5.92 Å². The van der Waals surface area contributed by atoms with Crippen molar-refractivity contribution in [2.45, 2.75) is 78.9 Å². The monoisotopic (exact) mass is 286 g/mol. The summed E-state index contributed by atoms with van der Waals surface area (Å²) < 4.78 is 5.30. The molecular weight excluding hydrogens is 252 g/mol. The van der Waals surface area contributed by atoms with Gasteiger partial charge in [0.15, 0.2) is 0 Å². The van der Waals surface area contributed by atoms with Gasteiger partial charge in [0.1, 0.15) is 5.60 Å². The standard InChI is InChI=1S/C16H34N2O2/c1-7-8-9-10-11-17-12-14(13(2)3)18-15(19)20-16(4,5)6/h13-14,17H,7-12H2,1-6H3,(H,18,19). The Kier molecular flexibility index (Phi) is 9.64. The maximum Gasteiger partial charge on any atom is 0.407 e. The molecule has 120 valence electrons. The van der Waals surface area contributed by atoms with E-state index in [4.69, 9.17) is 4.74 Å². The zero-order valence-electron chi connectivity index (χ0n) is 14.2. The number of ether oxygens (including phenoxy) is 1. The van der Waals surface area contributed by atoms with Crippen LogP contribution in [0.3, 0.4) is 0 Å². The summed E-state index contributed by atoms with van der Waals surface area (Å²) in [6.45, 7) is 13.9. The Bertz CT molecular complexity index is 260. The number of carbonyl (C=O) groups is 1. The van der Waals surface area contributed by atoms with Gasteiger partial charge in [-0.15, -0.1) is 0 Å². The average Bonchev–Trinajstić information content (AvgIpc) is 2.29. The Morgan fingerprint density at radius 1 is 1.15 bits per heavy atom. The molecule has 0 aromatic rings. The number of amides is 1. The first kappa shape index (κ1) is 19.2. The molecule has 0 aliphatic rings. The number of nitrogens with one attached hydrogen (secondary N) is 2. The molecule has 0 aliphatic carbocycles. The van der Waals surface area contributed by atoms with Crippen molar-refractivity contribution in [3.63, 3.8) is 0 Å². The van der Waals surface area contributed by atoms with E-state index < -0.39 is 5.60 Å². The summed E-state index contributed by atoms with van der Waals surface area (Å²) >= 11 is 0. The molecule has 0 saturated heterocycles. The summed E-state index contributed by atoms with van der Waals surface area (Å²) in [6, 6.07) is 0.107. The molecule has 0 aromatic carbocycles. The summed E-state index contributed by atoms with van der Waals surface area (Å²) in [4.78, 5) is 11.8. The van der Waals surface area contributed by atoms with Crippen LogP contribution in [0.1, 0.15) is 67.2 Å². The lowest BCUT2D eigenvalue weighted by atomic mass is 10.0. The molecule has 2 N–H and O–H groups in total. The summed E-state index contributed by atoms with van der Waals surface area (Å²) in [6.07, 6.45) is 4.70. The largest absolute Gasteiger partial charge is 0.444 e. The third-order valence-corrected chi connectivity index (χ3v) is 3.08. The highest BCUT2D eigenvalue weighted by molar-refractivity contribution is 5.68. The van der Waals surface area contributed by atoms with Crippen LogP contribution in [0.4, 0.5) is 4.79 Å². The van der Waals surface area contributed by atoms with Crippen LogP contribution >= 0.6 is 0 Å². The Hall–Kier alpha value is -0.770. The van der Waals surface area contributed by atoms with Gasteiger partial charge in [0.25, 0.3) is 0 Å². The first-order valence-corrected chi connectivity index (χ1v) is 7.96. The predicted octanol–water partition coefficient (Wildman–Crippen LogP) is 3.71. The molecule has 0 rings (SSSR count). The molecule has 4 nitrogen and oxygen atoms in total. The molecule has 1 amide bonds. The molecule has 0 heterocycles. The van der Waals surface area contributed by atoms with Crippen LogP contribution < -0.4 is 10.6 Å². The van der Waals surface area contributed by atoms with E-state index in [0.717, 1.165) is 13.1 Å². The minimum Gasteiger partial charge on any atom is -0.444 e. The Labute approximate surface area is 125 Å². The number of carbonyl (C=O) groups excluding carboxylic acids is 1. The molecule has 0 aliphatic heterocycles. The second kappa shape index (κ2) is 10.0. The van der Waals surface area contributed by atoms with E-state index in [0.29, 0.717) is 5.92 Å². The van der Waals surface area contributed by atoms with Gasteiger partial charge in [-0.2, -0.15) is 0 Å². The molecule has 1 unspecified atom stereocenters. The van der Waals surface area contributed by atoms with E-state index >= 15 is 0 Å². The first-order valence-electron chi connectivity index (χ1n) is 7.96. The Morgan fingerprint density at radius 2 is 1.80 bits per heavy atom. The number of hydrogen-bond acceptors (Lipinski definition) is 3. The molecule has 0 saturated carbocycles. The molecule has 0 spiro atoms. The topological polar surface area (TPSA) is 50.4 Å². The number of alkyl carbamates (subject to hydrolysis) is 1. The third-order valence-electron chi connectivity index (χ3n) is 3.08. The van der Waals surface area contributed by atoms with E-state index in [1.165, 1.54) is 25.7 Å². The molecule has 0 bridgehead atoms. The smallest absolute Gasteiger partial charge is 0.407 e. The van der Waals surface area contributed by atoms with Gasteiger partial charge >= 0.3 is 6.09 Å². The zero-order chi connectivity index (χ0) is 15.6. The predicted molar refractivity (Wildman–Crippen MR) is 85.0 cm³/mol. The van der Waals surface area contributed by atoms with E-state index in [1.54, 1.807) is 0 Å². The lowest BCUT2D eigenvalue weighted by Crippen LogP contribution is -2.47.